The summed E-state index contributed by atoms with van der Waals surface area (Å²) in [7, 11) is 0. The van der Waals surface area contributed by atoms with Gasteiger partial charge in [-0.3, -0.25) is 9.56 Å². The van der Waals surface area contributed by atoms with Crippen LogP contribution in [0.25, 0.3) is 16.7 Å². The number of hydrogen-bond donors (Lipinski definition) is 5. The van der Waals surface area contributed by atoms with Crippen LogP contribution in [0.5, 0.6) is 0 Å². The number of aromatic nitrogens is 3. The summed E-state index contributed by atoms with van der Waals surface area (Å²) in [5.74, 6) is -0.226. The number of nitrogens with zero attached hydrogens (tertiary/aromatic N) is 3. The number of nitrogens with two attached hydrogens (primary N) is 3. The SMILES string of the molecule is C[C@H](N)COCc1cc(Cl)c(F)c(C(C)(C)C)c1.C[C@H](NCCCN=C(N)N)c1ccc(-n2cc3cc(C(C)(C)C)[nH]c3nc2=O)cc1. The minimum Gasteiger partial charge on any atom is -0.375 e. The van der Waals surface area contributed by atoms with Crippen molar-refractivity contribution in [2.75, 3.05) is 19.7 Å². The third-order valence-corrected chi connectivity index (χ3v) is 7.89. The molecule has 10 nitrogen and oxygen atoms in total. The third-order valence-electron chi connectivity index (χ3n) is 7.61. The van der Waals surface area contributed by atoms with Gasteiger partial charge in [-0.05, 0) is 79.3 Å². The van der Waals surface area contributed by atoms with Crippen LogP contribution in [0, 0.1) is 5.82 Å². The van der Waals surface area contributed by atoms with E-state index in [9.17, 15) is 9.18 Å². The maximum atomic E-state index is 13.9. The van der Waals surface area contributed by atoms with Gasteiger partial charge in [-0.15, -0.1) is 0 Å². The monoisotopic (exact) mass is 682 g/mol. The molecule has 2 aromatic heterocycles. The summed E-state index contributed by atoms with van der Waals surface area (Å²) in [6.45, 7) is 18.5. The molecule has 262 valence electrons. The first-order valence-electron chi connectivity index (χ1n) is 16.2. The van der Waals surface area contributed by atoms with Crippen molar-refractivity contribution in [3.63, 3.8) is 0 Å². The number of aliphatic imine (C=N–C) groups is 1. The molecule has 2 aromatic carbocycles. The average Bonchev–Trinajstić information content (AvgIpc) is 3.41. The molecule has 0 spiro atoms. The molecule has 2 atom stereocenters. The molecule has 0 saturated heterocycles. The van der Waals surface area contributed by atoms with Gasteiger partial charge in [0.1, 0.15) is 11.5 Å². The van der Waals surface area contributed by atoms with Crippen molar-refractivity contribution in [1.82, 2.24) is 19.9 Å². The Hall–Kier alpha value is -3.77. The van der Waals surface area contributed by atoms with Crippen molar-refractivity contribution in [1.29, 1.82) is 0 Å². The van der Waals surface area contributed by atoms with Gasteiger partial charge in [-0.2, -0.15) is 4.98 Å². The van der Waals surface area contributed by atoms with Gasteiger partial charge in [0.05, 0.1) is 23.9 Å². The maximum absolute atomic E-state index is 13.9. The summed E-state index contributed by atoms with van der Waals surface area (Å²) in [6, 6.07) is 13.6. The number of halogens is 2. The predicted molar refractivity (Wildman–Crippen MR) is 196 cm³/mol. The van der Waals surface area contributed by atoms with Gasteiger partial charge < -0.3 is 32.2 Å². The van der Waals surface area contributed by atoms with Crippen LogP contribution in [-0.4, -0.2) is 46.2 Å². The highest BCUT2D eigenvalue weighted by Gasteiger charge is 2.21. The summed E-state index contributed by atoms with van der Waals surface area (Å²) in [4.78, 5) is 24.0. The molecule has 4 aromatic rings. The molecule has 48 heavy (non-hydrogen) atoms. The van der Waals surface area contributed by atoms with E-state index in [4.69, 9.17) is 33.5 Å². The molecule has 0 aliphatic carbocycles. The average molecular weight is 683 g/mol. The zero-order valence-electron chi connectivity index (χ0n) is 29.5. The zero-order chi connectivity index (χ0) is 35.8. The lowest BCUT2D eigenvalue weighted by molar-refractivity contribution is 0.111. The first kappa shape index (κ1) is 38.7. The number of H-pyrrole nitrogens is 1. The molecule has 0 radical (unpaired) electrons. The fourth-order valence-corrected chi connectivity index (χ4v) is 5.11. The topological polar surface area (TPSA) is 162 Å². The summed E-state index contributed by atoms with van der Waals surface area (Å²) in [5, 5.41) is 4.51. The van der Waals surface area contributed by atoms with E-state index >= 15 is 0 Å². The fourth-order valence-electron chi connectivity index (χ4n) is 4.87. The van der Waals surface area contributed by atoms with Gasteiger partial charge in [0.2, 0.25) is 0 Å². The summed E-state index contributed by atoms with van der Waals surface area (Å²) in [5.41, 5.74) is 20.7. The third kappa shape index (κ3) is 11.2. The van der Waals surface area contributed by atoms with E-state index in [-0.39, 0.29) is 45.4 Å². The minimum absolute atomic E-state index is 0.0111. The Bertz CT molecular complexity index is 1730. The molecule has 2 heterocycles. The summed E-state index contributed by atoms with van der Waals surface area (Å²) in [6.07, 6.45) is 2.70. The van der Waals surface area contributed by atoms with Gasteiger partial charge in [-0.25, -0.2) is 9.18 Å². The molecule has 0 amide bonds. The Morgan fingerprint density at radius 3 is 2.33 bits per heavy atom. The van der Waals surface area contributed by atoms with Crippen molar-refractivity contribution in [2.24, 2.45) is 22.2 Å². The number of fused-ring (bicyclic) bond motifs is 1. The van der Waals surface area contributed by atoms with Gasteiger partial charge in [-0.1, -0.05) is 65.3 Å². The van der Waals surface area contributed by atoms with Crippen LogP contribution in [0.1, 0.15) is 90.2 Å². The second kappa shape index (κ2) is 16.6. The number of nitrogens with one attached hydrogen (secondary N) is 2. The van der Waals surface area contributed by atoms with E-state index in [1.54, 1.807) is 10.6 Å². The maximum Gasteiger partial charge on any atom is 0.354 e. The van der Waals surface area contributed by atoms with Crippen LogP contribution in [0.15, 0.2) is 58.4 Å². The molecule has 12 heteroatoms. The number of benzene rings is 2. The van der Waals surface area contributed by atoms with E-state index in [0.29, 0.717) is 31.0 Å². The van der Waals surface area contributed by atoms with Crippen LogP contribution < -0.4 is 28.2 Å². The first-order chi connectivity index (χ1) is 22.4. The first-order valence-corrected chi connectivity index (χ1v) is 16.6. The van der Waals surface area contributed by atoms with E-state index in [0.717, 1.165) is 40.9 Å². The lowest BCUT2D eigenvalue weighted by Gasteiger charge is -2.21. The molecular weight excluding hydrogens is 631 g/mol. The predicted octanol–water partition coefficient (Wildman–Crippen LogP) is 5.97. The number of guanidine groups is 1. The lowest BCUT2D eigenvalue weighted by Crippen LogP contribution is -2.24. The Morgan fingerprint density at radius 2 is 1.75 bits per heavy atom. The minimum atomic E-state index is -0.347. The number of hydrogen-bond acceptors (Lipinski definition) is 6. The van der Waals surface area contributed by atoms with Crippen LogP contribution in [0.4, 0.5) is 4.39 Å². The van der Waals surface area contributed by atoms with E-state index in [1.807, 2.05) is 64.2 Å². The number of ether oxygens (including phenoxy) is 1. The van der Waals surface area contributed by atoms with E-state index in [1.165, 1.54) is 0 Å². The zero-order valence-corrected chi connectivity index (χ0v) is 30.2. The molecule has 0 aliphatic rings. The molecule has 0 saturated carbocycles. The largest absolute Gasteiger partial charge is 0.375 e. The fraction of sp³-hybridized carbons (Fsp3) is 0.472. The molecule has 0 aliphatic heterocycles. The second-order valence-electron chi connectivity index (χ2n) is 14.2. The molecule has 0 bridgehead atoms. The van der Waals surface area contributed by atoms with E-state index < -0.39 is 0 Å². The Labute approximate surface area is 288 Å². The van der Waals surface area contributed by atoms with Crippen LogP contribution in [0.2, 0.25) is 5.02 Å². The standard InChI is InChI=1S/C22H31N7O.C14H21ClFNO/c1-14(25-10-5-11-26-20(23)24)15-6-8-17(9-7-15)29-13-16-12-18(22(2,3)4)27-19(16)28-21(29)30;1-9(17)7-18-8-10-5-11(14(2,3)4)13(16)12(15)6-10/h6-9,12-14,25H,5,10-11H2,1-4H3,(H4,23,24,26)(H,27,28,30);5-6,9H,7-8,17H2,1-4H3/t14-;9-/m00/s1. The highest BCUT2D eigenvalue weighted by atomic mass is 35.5. The lowest BCUT2D eigenvalue weighted by atomic mass is 9.86. The number of aromatic amines is 1. The second-order valence-corrected chi connectivity index (χ2v) is 14.6. The van der Waals surface area contributed by atoms with Gasteiger partial charge >= 0.3 is 5.69 Å². The van der Waals surface area contributed by atoms with Gasteiger partial charge in [0, 0.05) is 41.3 Å². The van der Waals surface area contributed by atoms with E-state index in [2.05, 4.69) is 54.0 Å². The molecule has 0 unspecified atom stereocenters. The molecular formula is C36H52ClFN8O2. The molecule has 8 N–H and O–H groups in total. The van der Waals surface area contributed by atoms with Gasteiger partial charge in [0.15, 0.2) is 5.96 Å². The van der Waals surface area contributed by atoms with Crippen molar-refractivity contribution >= 4 is 28.6 Å². The summed E-state index contributed by atoms with van der Waals surface area (Å²) >= 11 is 5.91. The Morgan fingerprint density at radius 1 is 1.08 bits per heavy atom. The van der Waals surface area contributed by atoms with Crippen molar-refractivity contribution in [3.05, 3.63) is 92.4 Å². The van der Waals surface area contributed by atoms with Crippen molar-refractivity contribution < 1.29 is 9.13 Å². The Kier molecular flexibility index (Phi) is 13.3. The molecule has 0 fully saturated rings. The highest BCUT2D eigenvalue weighted by molar-refractivity contribution is 6.30. The van der Waals surface area contributed by atoms with Crippen LogP contribution >= 0.6 is 11.6 Å². The normalized spacial score (nSPS) is 13.1. The smallest absolute Gasteiger partial charge is 0.354 e. The quantitative estimate of drug-likeness (QED) is 0.0740. The summed E-state index contributed by atoms with van der Waals surface area (Å²) < 4.78 is 21.0. The molecule has 4 rings (SSSR count). The highest BCUT2D eigenvalue weighted by Crippen LogP contribution is 2.31. The van der Waals surface area contributed by atoms with Crippen LogP contribution in [0.3, 0.4) is 0 Å². The van der Waals surface area contributed by atoms with Crippen molar-refractivity contribution in [2.45, 2.75) is 91.3 Å². The van der Waals surface area contributed by atoms with Crippen molar-refractivity contribution in [3.8, 4) is 5.69 Å². The Balaban J connectivity index is 0.000000297. The van der Waals surface area contributed by atoms with Crippen LogP contribution in [-0.2, 0) is 22.2 Å². The van der Waals surface area contributed by atoms with Gasteiger partial charge in [0.25, 0.3) is 0 Å². The number of rotatable bonds is 11.